The second-order valence-electron chi connectivity index (χ2n) is 5.10. The van der Waals surface area contributed by atoms with Crippen LogP contribution in [0.15, 0.2) is 0 Å². The van der Waals surface area contributed by atoms with E-state index in [-0.39, 0.29) is 17.9 Å². The van der Waals surface area contributed by atoms with Gasteiger partial charge in [0.15, 0.2) is 0 Å². The van der Waals surface area contributed by atoms with Crippen LogP contribution in [0, 0.1) is 5.41 Å². The molecule has 4 heteroatoms. The molecule has 0 fully saturated rings. The molecule has 0 saturated carbocycles. The number of rotatable bonds is 8. The largest absolute Gasteiger partial charge is 0.396 e. The first-order valence-corrected chi connectivity index (χ1v) is 6.07. The van der Waals surface area contributed by atoms with Crippen molar-refractivity contribution in [3.63, 3.8) is 0 Å². The Morgan fingerprint density at radius 2 is 2.12 bits per heavy atom. The molecular weight excluding hydrogens is 204 g/mol. The van der Waals surface area contributed by atoms with Crippen molar-refractivity contribution in [3.05, 3.63) is 0 Å². The van der Waals surface area contributed by atoms with E-state index in [4.69, 9.17) is 10.8 Å². The van der Waals surface area contributed by atoms with Gasteiger partial charge in [0.2, 0.25) is 5.91 Å². The monoisotopic (exact) mass is 230 g/mol. The summed E-state index contributed by atoms with van der Waals surface area (Å²) in [7, 11) is 0. The van der Waals surface area contributed by atoms with Gasteiger partial charge in [0, 0.05) is 13.2 Å². The molecule has 0 aromatic rings. The first-order valence-electron chi connectivity index (χ1n) is 6.07. The highest BCUT2D eigenvalue weighted by molar-refractivity contribution is 5.81. The van der Waals surface area contributed by atoms with E-state index in [0.717, 1.165) is 19.3 Å². The summed E-state index contributed by atoms with van der Waals surface area (Å²) >= 11 is 0. The molecule has 0 spiro atoms. The quantitative estimate of drug-likeness (QED) is 0.583. The van der Waals surface area contributed by atoms with Gasteiger partial charge in [-0.1, -0.05) is 33.6 Å². The highest BCUT2D eigenvalue weighted by atomic mass is 16.3. The number of aliphatic hydroxyl groups excluding tert-OH is 1. The number of hydrogen-bond acceptors (Lipinski definition) is 3. The normalized spacial score (nSPS) is 13.6. The van der Waals surface area contributed by atoms with Crippen LogP contribution in [0.5, 0.6) is 0 Å². The second kappa shape index (κ2) is 7.63. The zero-order valence-electron chi connectivity index (χ0n) is 10.8. The van der Waals surface area contributed by atoms with E-state index in [9.17, 15) is 4.79 Å². The van der Waals surface area contributed by atoms with Crippen LogP contribution in [0.4, 0.5) is 0 Å². The van der Waals surface area contributed by atoms with Gasteiger partial charge in [0.05, 0.1) is 6.04 Å². The molecule has 96 valence electrons. The van der Waals surface area contributed by atoms with E-state index in [1.165, 1.54) is 0 Å². The van der Waals surface area contributed by atoms with Crippen LogP contribution in [0.2, 0.25) is 0 Å². The summed E-state index contributed by atoms with van der Waals surface area (Å²) in [6, 6.07) is -0.398. The summed E-state index contributed by atoms with van der Waals surface area (Å²) in [5.74, 6) is -0.0838. The van der Waals surface area contributed by atoms with Gasteiger partial charge in [-0.3, -0.25) is 4.79 Å². The lowest BCUT2D eigenvalue weighted by Gasteiger charge is -2.24. The van der Waals surface area contributed by atoms with Crippen molar-refractivity contribution >= 4 is 5.91 Å². The number of nitrogens with two attached hydrogens (primary N) is 1. The summed E-state index contributed by atoms with van der Waals surface area (Å²) in [5.41, 5.74) is 5.67. The van der Waals surface area contributed by atoms with E-state index >= 15 is 0 Å². The van der Waals surface area contributed by atoms with Gasteiger partial charge in [-0.2, -0.15) is 0 Å². The number of nitrogens with one attached hydrogen (secondary N) is 1. The summed E-state index contributed by atoms with van der Waals surface area (Å²) < 4.78 is 0. The molecule has 4 N–H and O–H groups in total. The highest BCUT2D eigenvalue weighted by Crippen LogP contribution is 2.17. The maximum Gasteiger partial charge on any atom is 0.236 e. The molecule has 4 nitrogen and oxygen atoms in total. The molecule has 0 bridgehead atoms. The zero-order chi connectivity index (χ0) is 12.6. The van der Waals surface area contributed by atoms with E-state index in [1.807, 2.05) is 13.8 Å². The van der Waals surface area contributed by atoms with E-state index in [2.05, 4.69) is 12.2 Å². The second-order valence-corrected chi connectivity index (χ2v) is 5.10. The molecule has 0 saturated heterocycles. The minimum Gasteiger partial charge on any atom is -0.396 e. The minimum atomic E-state index is -0.398. The van der Waals surface area contributed by atoms with Gasteiger partial charge in [0.25, 0.3) is 0 Å². The van der Waals surface area contributed by atoms with Crippen molar-refractivity contribution in [2.24, 2.45) is 11.1 Å². The van der Waals surface area contributed by atoms with Gasteiger partial charge < -0.3 is 16.2 Å². The molecule has 1 unspecified atom stereocenters. The molecule has 1 atom stereocenters. The van der Waals surface area contributed by atoms with Crippen molar-refractivity contribution in [2.45, 2.75) is 52.5 Å². The summed E-state index contributed by atoms with van der Waals surface area (Å²) in [6.45, 7) is 6.81. The zero-order valence-corrected chi connectivity index (χ0v) is 10.8. The molecule has 0 heterocycles. The minimum absolute atomic E-state index is 0.0745. The Morgan fingerprint density at radius 1 is 1.50 bits per heavy atom. The summed E-state index contributed by atoms with van der Waals surface area (Å²) in [5, 5.41) is 11.7. The topological polar surface area (TPSA) is 75.4 Å². The number of carbonyl (C=O) groups is 1. The van der Waals surface area contributed by atoms with Crippen molar-refractivity contribution in [2.75, 3.05) is 13.2 Å². The lowest BCUT2D eigenvalue weighted by atomic mass is 9.89. The molecule has 0 rings (SSSR count). The Bertz CT molecular complexity index is 205. The molecule has 16 heavy (non-hydrogen) atoms. The Labute approximate surface area is 98.6 Å². The maximum absolute atomic E-state index is 11.6. The Morgan fingerprint density at radius 3 is 2.62 bits per heavy atom. The van der Waals surface area contributed by atoms with Gasteiger partial charge in [-0.05, 0) is 18.3 Å². The van der Waals surface area contributed by atoms with Crippen LogP contribution >= 0.6 is 0 Å². The molecule has 0 aromatic carbocycles. The third kappa shape index (κ3) is 6.80. The van der Waals surface area contributed by atoms with Crippen molar-refractivity contribution in [1.82, 2.24) is 5.32 Å². The molecule has 0 aliphatic rings. The first kappa shape index (κ1) is 15.4. The fraction of sp³-hybridized carbons (Fsp3) is 0.917. The number of unbranched alkanes of at least 4 members (excludes halogenated alkanes) is 1. The third-order valence-corrected chi connectivity index (χ3v) is 2.74. The van der Waals surface area contributed by atoms with Gasteiger partial charge in [0.1, 0.15) is 0 Å². The average Bonchev–Trinajstić information content (AvgIpc) is 2.22. The fourth-order valence-corrected chi connectivity index (χ4v) is 1.40. The first-order chi connectivity index (χ1) is 7.43. The van der Waals surface area contributed by atoms with Crippen LogP contribution in [0.25, 0.3) is 0 Å². The van der Waals surface area contributed by atoms with Crippen molar-refractivity contribution < 1.29 is 9.90 Å². The van der Waals surface area contributed by atoms with Crippen molar-refractivity contribution in [3.8, 4) is 0 Å². The Balaban J connectivity index is 3.87. The molecular formula is C12H26N2O2. The molecule has 0 aromatic heterocycles. The smallest absolute Gasteiger partial charge is 0.236 e. The van der Waals surface area contributed by atoms with Crippen LogP contribution in [-0.2, 0) is 4.79 Å². The third-order valence-electron chi connectivity index (χ3n) is 2.74. The summed E-state index contributed by atoms with van der Waals surface area (Å²) in [4.78, 5) is 11.6. The van der Waals surface area contributed by atoms with E-state index < -0.39 is 6.04 Å². The molecule has 0 aliphatic heterocycles. The lowest BCUT2D eigenvalue weighted by Crippen LogP contribution is -2.44. The highest BCUT2D eigenvalue weighted by Gasteiger charge is 2.20. The summed E-state index contributed by atoms with van der Waals surface area (Å²) in [6.07, 6.45) is 3.45. The average molecular weight is 230 g/mol. The number of hydrogen-bond donors (Lipinski definition) is 3. The molecule has 0 radical (unpaired) electrons. The number of amides is 1. The fourth-order valence-electron chi connectivity index (χ4n) is 1.40. The molecule has 0 aliphatic carbocycles. The van der Waals surface area contributed by atoms with Crippen LogP contribution in [0.1, 0.15) is 46.5 Å². The predicted molar refractivity (Wildman–Crippen MR) is 66.0 cm³/mol. The lowest BCUT2D eigenvalue weighted by molar-refractivity contribution is -0.123. The SMILES string of the molecule is CCCCC(N)C(=O)NCC(C)(C)CCO. The van der Waals surface area contributed by atoms with Crippen LogP contribution < -0.4 is 11.1 Å². The standard InChI is InChI=1S/C12H26N2O2/c1-4-5-6-10(13)11(16)14-9-12(2,3)7-8-15/h10,15H,4-9,13H2,1-3H3,(H,14,16). The van der Waals surface area contributed by atoms with Gasteiger partial charge >= 0.3 is 0 Å². The van der Waals surface area contributed by atoms with E-state index in [1.54, 1.807) is 0 Å². The maximum atomic E-state index is 11.6. The number of carbonyl (C=O) groups excluding carboxylic acids is 1. The Kier molecular flexibility index (Phi) is 7.34. The van der Waals surface area contributed by atoms with Crippen LogP contribution in [0.3, 0.4) is 0 Å². The predicted octanol–water partition coefficient (Wildman–Crippen LogP) is 1.03. The van der Waals surface area contributed by atoms with Gasteiger partial charge in [-0.15, -0.1) is 0 Å². The Hall–Kier alpha value is -0.610. The number of aliphatic hydroxyl groups is 1. The van der Waals surface area contributed by atoms with Crippen molar-refractivity contribution in [1.29, 1.82) is 0 Å². The molecule has 1 amide bonds. The van der Waals surface area contributed by atoms with Gasteiger partial charge in [-0.25, -0.2) is 0 Å². The van der Waals surface area contributed by atoms with E-state index in [0.29, 0.717) is 13.0 Å². The van der Waals surface area contributed by atoms with Crippen LogP contribution in [-0.4, -0.2) is 30.2 Å².